The number of thioether (sulfide) groups is 1. The van der Waals surface area contributed by atoms with E-state index in [0.29, 0.717) is 5.16 Å². The highest BCUT2D eigenvalue weighted by molar-refractivity contribution is 8.00. The van der Waals surface area contributed by atoms with E-state index in [1.165, 1.54) is 11.8 Å². The largest absolute Gasteiger partial charge is 0.469 e. The van der Waals surface area contributed by atoms with Gasteiger partial charge in [0.1, 0.15) is 5.76 Å². The van der Waals surface area contributed by atoms with E-state index in [2.05, 4.69) is 15.2 Å². The predicted octanol–water partition coefficient (Wildman–Crippen LogP) is 4.54. The van der Waals surface area contributed by atoms with Crippen molar-refractivity contribution in [1.82, 2.24) is 19.7 Å². The highest BCUT2D eigenvalue weighted by Crippen LogP contribution is 2.31. The number of carbonyl (C=O) groups excluding carboxylic acids is 1. The van der Waals surface area contributed by atoms with Crippen molar-refractivity contribution in [3.05, 3.63) is 53.6 Å². The molecule has 0 aliphatic carbocycles. The SMILES string of the molecule is Cc1[nH]c2ccccc2c1C(=O)[C@H](C)Sc1nnc(-c2ccoc2C)n1C. The summed E-state index contributed by atoms with van der Waals surface area (Å²) in [7, 11) is 1.90. The number of rotatable bonds is 5. The summed E-state index contributed by atoms with van der Waals surface area (Å²) in [4.78, 5) is 16.4. The Balaban J connectivity index is 1.62. The molecule has 27 heavy (non-hydrogen) atoms. The van der Waals surface area contributed by atoms with E-state index in [1.54, 1.807) is 6.26 Å². The van der Waals surface area contributed by atoms with Gasteiger partial charge in [-0.05, 0) is 32.9 Å². The van der Waals surface area contributed by atoms with Crippen LogP contribution in [0.1, 0.15) is 28.7 Å². The van der Waals surface area contributed by atoms with Gasteiger partial charge >= 0.3 is 0 Å². The van der Waals surface area contributed by atoms with Crippen LogP contribution in [0.2, 0.25) is 0 Å². The Bertz CT molecular complexity index is 1140. The molecule has 0 radical (unpaired) electrons. The van der Waals surface area contributed by atoms with Crippen molar-refractivity contribution in [2.45, 2.75) is 31.2 Å². The van der Waals surface area contributed by atoms with Crippen molar-refractivity contribution in [2.75, 3.05) is 0 Å². The van der Waals surface area contributed by atoms with E-state index in [1.807, 2.05) is 62.7 Å². The van der Waals surface area contributed by atoms with E-state index in [-0.39, 0.29) is 11.0 Å². The molecule has 1 N–H and O–H groups in total. The summed E-state index contributed by atoms with van der Waals surface area (Å²) in [5.74, 6) is 1.60. The van der Waals surface area contributed by atoms with Crippen molar-refractivity contribution in [3.8, 4) is 11.4 Å². The summed E-state index contributed by atoms with van der Waals surface area (Å²) in [6, 6.07) is 9.75. The first kappa shape index (κ1) is 17.6. The number of fused-ring (bicyclic) bond motifs is 1. The quantitative estimate of drug-likeness (QED) is 0.406. The van der Waals surface area contributed by atoms with Gasteiger partial charge in [0.15, 0.2) is 16.8 Å². The summed E-state index contributed by atoms with van der Waals surface area (Å²) in [6.07, 6.45) is 1.64. The smallest absolute Gasteiger partial charge is 0.191 e. The van der Waals surface area contributed by atoms with Crippen LogP contribution >= 0.6 is 11.8 Å². The van der Waals surface area contributed by atoms with Gasteiger partial charge in [0.2, 0.25) is 0 Å². The third-order valence-corrected chi connectivity index (χ3v) is 5.86. The zero-order chi connectivity index (χ0) is 19.1. The lowest BCUT2D eigenvalue weighted by Gasteiger charge is -2.10. The molecule has 0 saturated carbocycles. The topological polar surface area (TPSA) is 76.7 Å². The number of furan rings is 1. The molecule has 0 spiro atoms. The maximum atomic E-state index is 13.1. The van der Waals surface area contributed by atoms with E-state index in [9.17, 15) is 4.79 Å². The molecule has 1 aromatic carbocycles. The summed E-state index contributed by atoms with van der Waals surface area (Å²) >= 11 is 1.41. The highest BCUT2D eigenvalue weighted by Gasteiger charge is 2.25. The van der Waals surface area contributed by atoms with Crippen LogP contribution in [-0.4, -0.2) is 30.8 Å². The molecule has 0 saturated heterocycles. The second-order valence-electron chi connectivity index (χ2n) is 6.55. The molecule has 3 heterocycles. The van der Waals surface area contributed by atoms with E-state index < -0.39 is 0 Å². The van der Waals surface area contributed by atoms with E-state index >= 15 is 0 Å². The van der Waals surface area contributed by atoms with E-state index in [4.69, 9.17) is 4.42 Å². The number of Topliss-reactive ketones (excluding diaryl/α,β-unsaturated/α-hetero) is 1. The molecule has 0 aliphatic rings. The number of ketones is 1. The molecule has 0 fully saturated rings. The average molecular weight is 380 g/mol. The van der Waals surface area contributed by atoms with Gasteiger partial charge in [0.25, 0.3) is 0 Å². The van der Waals surface area contributed by atoms with Crippen molar-refractivity contribution in [2.24, 2.45) is 7.05 Å². The number of aromatic nitrogens is 4. The third kappa shape index (κ3) is 2.98. The Morgan fingerprint density at radius 3 is 2.74 bits per heavy atom. The van der Waals surface area contributed by atoms with Crippen LogP contribution in [-0.2, 0) is 7.05 Å². The first-order chi connectivity index (χ1) is 13.0. The van der Waals surface area contributed by atoms with E-state index in [0.717, 1.165) is 39.3 Å². The van der Waals surface area contributed by atoms with Gasteiger partial charge in [-0.2, -0.15) is 0 Å². The predicted molar refractivity (Wildman–Crippen MR) is 106 cm³/mol. The standard InChI is InChI=1S/C20H20N4O2S/c1-11-17(15-7-5-6-8-16(15)21-11)18(25)13(3)27-20-23-22-19(24(20)4)14-9-10-26-12(14)2/h5-10,13,21H,1-4H3/t13-/m0/s1. The number of nitrogens with zero attached hydrogens (tertiary/aromatic N) is 3. The summed E-state index contributed by atoms with van der Waals surface area (Å²) in [6.45, 7) is 5.74. The third-order valence-electron chi connectivity index (χ3n) is 4.73. The number of hydrogen-bond acceptors (Lipinski definition) is 5. The van der Waals surface area contributed by atoms with Crippen LogP contribution < -0.4 is 0 Å². The number of aromatic amines is 1. The molecular weight excluding hydrogens is 360 g/mol. The normalized spacial score (nSPS) is 12.6. The van der Waals surface area contributed by atoms with Crippen molar-refractivity contribution in [3.63, 3.8) is 0 Å². The molecule has 0 aliphatic heterocycles. The molecule has 4 rings (SSSR count). The maximum Gasteiger partial charge on any atom is 0.191 e. The van der Waals surface area contributed by atoms with Crippen molar-refractivity contribution >= 4 is 28.4 Å². The zero-order valence-corrected chi connectivity index (χ0v) is 16.4. The van der Waals surface area contributed by atoms with Gasteiger partial charge in [-0.15, -0.1) is 10.2 Å². The van der Waals surface area contributed by atoms with Gasteiger partial charge in [-0.3, -0.25) is 4.79 Å². The number of H-pyrrole nitrogens is 1. The number of para-hydroxylation sites is 1. The maximum absolute atomic E-state index is 13.1. The fraction of sp³-hybridized carbons (Fsp3) is 0.250. The number of carbonyl (C=O) groups is 1. The van der Waals surface area contributed by atoms with Gasteiger partial charge < -0.3 is 14.0 Å². The van der Waals surface area contributed by atoms with Gasteiger partial charge in [-0.1, -0.05) is 30.0 Å². The second-order valence-corrected chi connectivity index (χ2v) is 7.86. The molecule has 3 aromatic heterocycles. The monoisotopic (exact) mass is 380 g/mol. The second kappa shape index (κ2) is 6.74. The Labute approximate surface area is 161 Å². The van der Waals surface area contributed by atoms with Crippen LogP contribution in [0.5, 0.6) is 0 Å². The molecule has 138 valence electrons. The fourth-order valence-electron chi connectivity index (χ4n) is 3.28. The average Bonchev–Trinajstić information content (AvgIpc) is 3.31. The van der Waals surface area contributed by atoms with Crippen LogP contribution in [0.25, 0.3) is 22.3 Å². The van der Waals surface area contributed by atoms with Gasteiger partial charge in [-0.25, -0.2) is 0 Å². The Hall–Kier alpha value is -2.80. The minimum atomic E-state index is -0.288. The number of aryl methyl sites for hydroxylation is 2. The minimum absolute atomic E-state index is 0.0824. The lowest BCUT2D eigenvalue weighted by molar-refractivity contribution is 0.0995. The first-order valence-electron chi connectivity index (χ1n) is 8.69. The van der Waals surface area contributed by atoms with Gasteiger partial charge in [0.05, 0.1) is 17.1 Å². The van der Waals surface area contributed by atoms with Crippen molar-refractivity contribution in [1.29, 1.82) is 0 Å². The first-order valence-corrected chi connectivity index (χ1v) is 9.57. The Kier molecular flexibility index (Phi) is 4.39. The van der Waals surface area contributed by atoms with Crippen molar-refractivity contribution < 1.29 is 9.21 Å². The lowest BCUT2D eigenvalue weighted by Crippen LogP contribution is -2.15. The summed E-state index contributed by atoms with van der Waals surface area (Å²) < 4.78 is 7.26. The molecule has 0 amide bonds. The zero-order valence-electron chi connectivity index (χ0n) is 15.6. The molecular formula is C20H20N4O2S. The number of hydrogen-bond donors (Lipinski definition) is 1. The Morgan fingerprint density at radius 1 is 1.22 bits per heavy atom. The highest BCUT2D eigenvalue weighted by atomic mass is 32.2. The minimum Gasteiger partial charge on any atom is -0.469 e. The summed E-state index contributed by atoms with van der Waals surface area (Å²) in [5.41, 5.74) is 3.52. The number of nitrogens with one attached hydrogen (secondary N) is 1. The van der Waals surface area contributed by atoms with Crippen LogP contribution in [0.3, 0.4) is 0 Å². The van der Waals surface area contributed by atoms with Crippen LogP contribution in [0.15, 0.2) is 46.2 Å². The molecule has 7 heteroatoms. The number of benzene rings is 1. The van der Waals surface area contributed by atoms with Crippen LogP contribution in [0, 0.1) is 13.8 Å². The lowest BCUT2D eigenvalue weighted by atomic mass is 10.1. The molecule has 1 atom stereocenters. The molecule has 0 unspecified atom stereocenters. The fourth-order valence-corrected chi connectivity index (χ4v) is 4.15. The molecule has 6 nitrogen and oxygen atoms in total. The van der Waals surface area contributed by atoms with Crippen LogP contribution in [0.4, 0.5) is 0 Å². The molecule has 0 bridgehead atoms. The molecule has 4 aromatic rings. The summed E-state index contributed by atoms with van der Waals surface area (Å²) in [5, 5.41) is 9.92. The Morgan fingerprint density at radius 2 is 2.00 bits per heavy atom. The van der Waals surface area contributed by atoms with Gasteiger partial charge in [0, 0.05) is 29.2 Å².